The number of ether oxygens (including phenoxy) is 2. The smallest absolute Gasteiger partial charge is 0.350 e. The number of carbonyl (C=O) groups is 2. The maximum atomic E-state index is 12.2. The van der Waals surface area contributed by atoms with Crippen LogP contribution in [0.3, 0.4) is 0 Å². The van der Waals surface area contributed by atoms with Crippen LogP contribution in [0.5, 0.6) is 5.75 Å². The molecule has 140 valence electrons. The molecule has 0 spiro atoms. The molecule has 0 radical (unpaired) electrons. The molecule has 0 bridgehead atoms. The summed E-state index contributed by atoms with van der Waals surface area (Å²) in [6.07, 6.45) is 0. The molecule has 1 aromatic heterocycles. The third-order valence-corrected chi connectivity index (χ3v) is 4.56. The van der Waals surface area contributed by atoms with Crippen LogP contribution in [0.15, 0.2) is 29.6 Å². The number of rotatable bonds is 8. The van der Waals surface area contributed by atoms with E-state index in [9.17, 15) is 9.59 Å². The Hall–Kier alpha value is -2.38. The number of likely N-dealkylation sites (N-methyl/N-ethyl adjacent to an activating group) is 1. The van der Waals surface area contributed by atoms with Gasteiger partial charge in [-0.1, -0.05) is 6.07 Å². The number of hydrogen-bond acceptors (Lipinski definition) is 6. The predicted octanol–water partition coefficient (Wildman–Crippen LogP) is 3.10. The Balaban J connectivity index is 1.78. The maximum Gasteiger partial charge on any atom is 0.350 e. The summed E-state index contributed by atoms with van der Waals surface area (Å²) >= 11 is 1.23. The number of amides is 1. The van der Waals surface area contributed by atoms with Crippen LogP contribution < -0.4 is 10.1 Å². The highest BCUT2D eigenvalue weighted by Crippen LogP contribution is 2.23. The van der Waals surface area contributed by atoms with Crippen LogP contribution in [-0.4, -0.2) is 50.6 Å². The molecule has 2 rings (SSSR count). The molecule has 0 unspecified atom stereocenters. The first-order chi connectivity index (χ1) is 12.4. The van der Waals surface area contributed by atoms with Gasteiger partial charge in [-0.2, -0.15) is 0 Å². The second-order valence-electron chi connectivity index (χ2n) is 6.11. The van der Waals surface area contributed by atoms with E-state index in [1.165, 1.54) is 18.4 Å². The lowest BCUT2D eigenvalue weighted by Gasteiger charge is -2.17. The Kier molecular flexibility index (Phi) is 7.17. The molecule has 26 heavy (non-hydrogen) atoms. The summed E-state index contributed by atoms with van der Waals surface area (Å²) in [5.41, 5.74) is 2.79. The molecule has 1 amide bonds. The topological polar surface area (TPSA) is 67.9 Å². The Labute approximate surface area is 157 Å². The van der Waals surface area contributed by atoms with Crippen LogP contribution in [-0.2, 0) is 9.53 Å². The van der Waals surface area contributed by atoms with Gasteiger partial charge in [0.2, 0.25) is 5.91 Å². The van der Waals surface area contributed by atoms with Crippen LogP contribution in [0.25, 0.3) is 0 Å². The van der Waals surface area contributed by atoms with Crippen molar-refractivity contribution in [3.8, 4) is 5.75 Å². The van der Waals surface area contributed by atoms with Gasteiger partial charge in [0.05, 0.1) is 19.3 Å². The molecule has 1 N–H and O–H groups in total. The van der Waals surface area contributed by atoms with Gasteiger partial charge in [-0.3, -0.25) is 9.69 Å². The third-order valence-electron chi connectivity index (χ3n) is 3.66. The quantitative estimate of drug-likeness (QED) is 0.717. The molecule has 1 heterocycles. The summed E-state index contributed by atoms with van der Waals surface area (Å²) in [6.45, 7) is 5.35. The molecular weight excluding hydrogens is 352 g/mol. The summed E-state index contributed by atoms with van der Waals surface area (Å²) in [4.78, 5) is 26.1. The Bertz CT molecular complexity index is 752. The lowest BCUT2D eigenvalue weighted by Crippen LogP contribution is -2.33. The van der Waals surface area contributed by atoms with Crippen molar-refractivity contribution < 1.29 is 19.1 Å². The highest BCUT2D eigenvalue weighted by atomic mass is 32.1. The fourth-order valence-electron chi connectivity index (χ4n) is 2.51. The van der Waals surface area contributed by atoms with E-state index in [4.69, 9.17) is 9.47 Å². The number of nitrogens with one attached hydrogen (secondary N) is 1. The van der Waals surface area contributed by atoms with Crippen LogP contribution in [0.2, 0.25) is 0 Å². The Morgan fingerprint density at radius 1 is 1.19 bits per heavy atom. The van der Waals surface area contributed by atoms with E-state index in [0.29, 0.717) is 23.7 Å². The zero-order valence-corrected chi connectivity index (χ0v) is 16.3. The third kappa shape index (κ3) is 5.86. The largest absolute Gasteiger partial charge is 0.492 e. The first kappa shape index (κ1) is 19.9. The lowest BCUT2D eigenvalue weighted by atomic mass is 10.1. The summed E-state index contributed by atoms with van der Waals surface area (Å²) in [7, 11) is 3.16. The van der Waals surface area contributed by atoms with Crippen molar-refractivity contribution in [3.63, 3.8) is 0 Å². The summed E-state index contributed by atoms with van der Waals surface area (Å²) in [6, 6.07) is 7.77. The van der Waals surface area contributed by atoms with Gasteiger partial charge >= 0.3 is 5.97 Å². The van der Waals surface area contributed by atoms with Gasteiger partial charge in [0.15, 0.2) is 0 Å². The lowest BCUT2D eigenvalue weighted by molar-refractivity contribution is -0.117. The van der Waals surface area contributed by atoms with E-state index in [2.05, 4.69) is 11.4 Å². The van der Waals surface area contributed by atoms with Gasteiger partial charge in [0, 0.05) is 6.54 Å². The number of nitrogens with zero attached hydrogens (tertiary/aromatic N) is 1. The van der Waals surface area contributed by atoms with E-state index in [0.717, 1.165) is 16.9 Å². The molecule has 1 aromatic carbocycles. The number of carbonyl (C=O) groups excluding carboxylic acids is 2. The average molecular weight is 376 g/mol. The molecule has 7 heteroatoms. The van der Waals surface area contributed by atoms with Crippen LogP contribution >= 0.6 is 11.3 Å². The second kappa shape index (κ2) is 9.35. The number of aryl methyl sites for hydroxylation is 2. The fraction of sp³-hybridized carbons (Fsp3) is 0.368. The molecule has 6 nitrogen and oxygen atoms in total. The summed E-state index contributed by atoms with van der Waals surface area (Å²) in [5.74, 6) is 0.189. The molecule has 0 saturated heterocycles. The van der Waals surface area contributed by atoms with E-state index in [1.807, 2.05) is 37.9 Å². The first-order valence-electron chi connectivity index (χ1n) is 8.24. The molecule has 0 atom stereocenters. The molecule has 0 aliphatic rings. The molecular formula is C19H24N2O4S. The van der Waals surface area contributed by atoms with Gasteiger partial charge in [-0.25, -0.2) is 4.79 Å². The van der Waals surface area contributed by atoms with Crippen molar-refractivity contribution in [2.75, 3.05) is 39.2 Å². The zero-order valence-electron chi connectivity index (χ0n) is 15.5. The number of anilines is 1. The zero-order chi connectivity index (χ0) is 19.1. The maximum absolute atomic E-state index is 12.2. The van der Waals surface area contributed by atoms with Crippen molar-refractivity contribution in [2.45, 2.75) is 13.8 Å². The first-order valence-corrected chi connectivity index (χ1v) is 9.12. The standard InChI is InChI=1S/C19H24N2O4S/c1-13-9-14(2)11-15(10-13)25-7-6-21(3)12-17(22)20-16-5-8-26-18(16)19(23)24-4/h5,8-11H,6-7,12H2,1-4H3,(H,20,22). The minimum Gasteiger partial charge on any atom is -0.492 e. The number of benzene rings is 1. The normalized spacial score (nSPS) is 10.7. The van der Waals surface area contributed by atoms with E-state index in [1.54, 1.807) is 11.4 Å². The van der Waals surface area contributed by atoms with Gasteiger partial charge in [-0.15, -0.1) is 11.3 Å². The van der Waals surface area contributed by atoms with Crippen molar-refractivity contribution >= 4 is 28.9 Å². The number of thiophene rings is 1. The van der Waals surface area contributed by atoms with Gasteiger partial charge in [-0.05, 0) is 55.6 Å². The van der Waals surface area contributed by atoms with Crippen molar-refractivity contribution in [3.05, 3.63) is 45.6 Å². The van der Waals surface area contributed by atoms with Crippen molar-refractivity contribution in [1.82, 2.24) is 4.90 Å². The molecule has 0 fully saturated rings. The monoisotopic (exact) mass is 376 g/mol. The minimum absolute atomic E-state index is 0.192. The fourth-order valence-corrected chi connectivity index (χ4v) is 3.27. The molecule has 0 saturated carbocycles. The van der Waals surface area contributed by atoms with Gasteiger partial charge < -0.3 is 14.8 Å². The van der Waals surface area contributed by atoms with E-state index in [-0.39, 0.29) is 12.5 Å². The minimum atomic E-state index is -0.453. The van der Waals surface area contributed by atoms with E-state index >= 15 is 0 Å². The number of esters is 1. The molecule has 2 aromatic rings. The Morgan fingerprint density at radius 2 is 1.88 bits per heavy atom. The number of hydrogen-bond donors (Lipinski definition) is 1. The average Bonchev–Trinajstić information content (AvgIpc) is 3.01. The number of methoxy groups -OCH3 is 1. The van der Waals surface area contributed by atoms with Crippen molar-refractivity contribution in [2.24, 2.45) is 0 Å². The second-order valence-corrected chi connectivity index (χ2v) is 7.03. The highest BCUT2D eigenvalue weighted by Gasteiger charge is 2.16. The summed E-state index contributed by atoms with van der Waals surface area (Å²) in [5, 5.41) is 4.49. The van der Waals surface area contributed by atoms with Gasteiger partial charge in [0.25, 0.3) is 0 Å². The highest BCUT2D eigenvalue weighted by molar-refractivity contribution is 7.12. The predicted molar refractivity (Wildman–Crippen MR) is 103 cm³/mol. The SMILES string of the molecule is COC(=O)c1sccc1NC(=O)CN(C)CCOc1cc(C)cc(C)c1. The van der Waals surface area contributed by atoms with Crippen LogP contribution in [0.4, 0.5) is 5.69 Å². The van der Waals surface area contributed by atoms with Gasteiger partial charge in [0.1, 0.15) is 17.2 Å². The van der Waals surface area contributed by atoms with Crippen LogP contribution in [0, 0.1) is 13.8 Å². The molecule has 0 aliphatic heterocycles. The van der Waals surface area contributed by atoms with Crippen molar-refractivity contribution in [1.29, 1.82) is 0 Å². The Morgan fingerprint density at radius 3 is 2.54 bits per heavy atom. The molecule has 0 aliphatic carbocycles. The van der Waals surface area contributed by atoms with Crippen LogP contribution in [0.1, 0.15) is 20.8 Å². The van der Waals surface area contributed by atoms with E-state index < -0.39 is 5.97 Å². The summed E-state index contributed by atoms with van der Waals surface area (Å²) < 4.78 is 10.5.